The number of nitrogens with one attached hydrogen (secondary N) is 1. The molecule has 1 N–H and O–H groups in total. The van der Waals surface area contributed by atoms with E-state index in [2.05, 4.69) is 5.32 Å². The lowest BCUT2D eigenvalue weighted by Crippen LogP contribution is -2.35. The molecule has 30 heavy (non-hydrogen) atoms. The molecule has 0 aliphatic heterocycles. The second kappa shape index (κ2) is 9.74. The maximum Gasteiger partial charge on any atom is 0.254 e. The fraction of sp³-hybridized carbons (Fsp3) is 0.200. The van der Waals surface area contributed by atoms with E-state index in [1.807, 2.05) is 68.4 Å². The predicted octanol–water partition coefficient (Wildman–Crippen LogP) is 4.59. The van der Waals surface area contributed by atoms with Gasteiger partial charge in [0.25, 0.3) is 5.91 Å². The van der Waals surface area contributed by atoms with Crippen molar-refractivity contribution < 1.29 is 14.3 Å². The fourth-order valence-electron chi connectivity index (χ4n) is 3.03. The Morgan fingerprint density at radius 2 is 1.70 bits per heavy atom. The molecular formula is C25H26N2O3. The number of amides is 2. The minimum atomic E-state index is -0.240. The molecule has 5 heteroatoms. The molecule has 0 aromatic heterocycles. The summed E-state index contributed by atoms with van der Waals surface area (Å²) in [4.78, 5) is 26.6. The van der Waals surface area contributed by atoms with E-state index in [1.54, 1.807) is 25.2 Å². The summed E-state index contributed by atoms with van der Waals surface area (Å²) in [6.07, 6.45) is 0. The number of carbonyl (C=O) groups excluding carboxylic acids is 2. The predicted molar refractivity (Wildman–Crippen MR) is 119 cm³/mol. The summed E-state index contributed by atoms with van der Waals surface area (Å²) in [6.45, 7) is 4.29. The van der Waals surface area contributed by atoms with Gasteiger partial charge in [-0.25, -0.2) is 0 Å². The summed E-state index contributed by atoms with van der Waals surface area (Å²) >= 11 is 0. The highest BCUT2D eigenvalue weighted by atomic mass is 16.5. The van der Waals surface area contributed by atoms with Crippen LogP contribution in [0.15, 0.2) is 72.8 Å². The molecule has 0 radical (unpaired) electrons. The van der Waals surface area contributed by atoms with E-state index in [9.17, 15) is 9.59 Å². The first-order valence-corrected chi connectivity index (χ1v) is 9.82. The molecule has 3 aromatic rings. The van der Waals surface area contributed by atoms with Crippen LogP contribution in [0.2, 0.25) is 0 Å². The quantitative estimate of drug-likeness (QED) is 0.629. The molecule has 154 valence electrons. The van der Waals surface area contributed by atoms with Crippen molar-refractivity contribution in [2.75, 3.05) is 18.9 Å². The highest BCUT2D eigenvalue weighted by molar-refractivity contribution is 5.99. The maximum absolute atomic E-state index is 12.8. The molecule has 5 nitrogen and oxygen atoms in total. The Labute approximate surface area is 177 Å². The summed E-state index contributed by atoms with van der Waals surface area (Å²) in [5, 5.41) is 2.88. The van der Waals surface area contributed by atoms with Gasteiger partial charge in [-0.3, -0.25) is 9.59 Å². The highest BCUT2D eigenvalue weighted by Crippen LogP contribution is 2.18. The van der Waals surface area contributed by atoms with Gasteiger partial charge in [0.05, 0.1) is 6.54 Å². The van der Waals surface area contributed by atoms with E-state index >= 15 is 0 Å². The highest BCUT2D eigenvalue weighted by Gasteiger charge is 2.16. The molecule has 0 saturated carbocycles. The summed E-state index contributed by atoms with van der Waals surface area (Å²) in [7, 11) is 1.61. The third kappa shape index (κ3) is 5.70. The molecule has 0 spiro atoms. The van der Waals surface area contributed by atoms with E-state index < -0.39 is 0 Å². The Bertz CT molecular complexity index is 1030. The van der Waals surface area contributed by atoms with Crippen molar-refractivity contribution in [3.05, 3.63) is 95.1 Å². The zero-order valence-corrected chi connectivity index (χ0v) is 17.5. The molecule has 3 rings (SSSR count). The Balaban J connectivity index is 1.60. The molecule has 0 saturated heterocycles. The van der Waals surface area contributed by atoms with Crippen molar-refractivity contribution >= 4 is 17.5 Å². The number of ether oxygens (including phenoxy) is 1. The molecular weight excluding hydrogens is 376 g/mol. The number of nitrogens with zero attached hydrogens (tertiary/aromatic N) is 1. The minimum absolute atomic E-state index is 0.0404. The first-order chi connectivity index (χ1) is 14.4. The van der Waals surface area contributed by atoms with Gasteiger partial charge in [0.2, 0.25) is 5.91 Å². The zero-order valence-electron chi connectivity index (χ0n) is 17.5. The van der Waals surface area contributed by atoms with Gasteiger partial charge < -0.3 is 15.0 Å². The van der Waals surface area contributed by atoms with Crippen LogP contribution in [0.3, 0.4) is 0 Å². The van der Waals surface area contributed by atoms with Gasteiger partial charge >= 0.3 is 0 Å². The van der Waals surface area contributed by atoms with Gasteiger partial charge in [0.1, 0.15) is 12.4 Å². The van der Waals surface area contributed by atoms with Gasteiger partial charge in [-0.2, -0.15) is 0 Å². The van der Waals surface area contributed by atoms with Crippen LogP contribution in [0.4, 0.5) is 5.69 Å². The van der Waals surface area contributed by atoms with Gasteiger partial charge in [-0.15, -0.1) is 0 Å². The van der Waals surface area contributed by atoms with Crippen molar-refractivity contribution in [1.82, 2.24) is 4.90 Å². The SMILES string of the molecule is Cc1ccc(C)c(NC(=O)CN(C)C(=O)c2cccc(OCc3ccccc3)c2)c1. The van der Waals surface area contributed by atoms with Crippen molar-refractivity contribution in [1.29, 1.82) is 0 Å². The molecule has 0 aliphatic rings. The molecule has 0 heterocycles. The number of anilines is 1. The van der Waals surface area contributed by atoms with Gasteiger partial charge in [0, 0.05) is 18.3 Å². The van der Waals surface area contributed by atoms with E-state index in [-0.39, 0.29) is 18.4 Å². The fourth-order valence-corrected chi connectivity index (χ4v) is 3.03. The van der Waals surface area contributed by atoms with E-state index in [4.69, 9.17) is 4.74 Å². The van der Waals surface area contributed by atoms with Crippen LogP contribution in [0.25, 0.3) is 0 Å². The number of likely N-dealkylation sites (N-methyl/N-ethyl adjacent to an activating group) is 1. The molecule has 2 amide bonds. The second-order valence-electron chi connectivity index (χ2n) is 7.33. The number of benzene rings is 3. The number of carbonyl (C=O) groups is 2. The molecule has 0 atom stereocenters. The van der Waals surface area contributed by atoms with Crippen LogP contribution in [-0.4, -0.2) is 30.3 Å². The van der Waals surface area contributed by atoms with Crippen LogP contribution in [0.5, 0.6) is 5.75 Å². The minimum Gasteiger partial charge on any atom is -0.489 e. The monoisotopic (exact) mass is 402 g/mol. The van der Waals surface area contributed by atoms with Crippen molar-refractivity contribution in [3.8, 4) is 5.75 Å². The summed E-state index contributed by atoms with van der Waals surface area (Å²) in [5.41, 5.74) is 4.33. The zero-order chi connectivity index (χ0) is 21.5. The Morgan fingerprint density at radius 3 is 2.47 bits per heavy atom. The number of hydrogen-bond acceptors (Lipinski definition) is 3. The normalized spacial score (nSPS) is 10.4. The lowest BCUT2D eigenvalue weighted by molar-refractivity contribution is -0.116. The van der Waals surface area contributed by atoms with E-state index in [0.29, 0.717) is 17.9 Å². The summed E-state index contributed by atoms with van der Waals surface area (Å²) < 4.78 is 5.80. The lowest BCUT2D eigenvalue weighted by Gasteiger charge is -2.18. The molecule has 0 bridgehead atoms. The molecule has 0 unspecified atom stereocenters. The topological polar surface area (TPSA) is 58.6 Å². The average Bonchev–Trinajstić information content (AvgIpc) is 2.75. The van der Waals surface area contributed by atoms with Gasteiger partial charge in [-0.1, -0.05) is 48.5 Å². The first-order valence-electron chi connectivity index (χ1n) is 9.82. The third-order valence-corrected chi connectivity index (χ3v) is 4.72. The van der Waals surface area contributed by atoms with Gasteiger partial charge in [0.15, 0.2) is 0 Å². The van der Waals surface area contributed by atoms with Crippen LogP contribution in [-0.2, 0) is 11.4 Å². The Hall–Kier alpha value is -3.60. The van der Waals surface area contributed by atoms with Crippen molar-refractivity contribution in [2.24, 2.45) is 0 Å². The largest absolute Gasteiger partial charge is 0.489 e. The van der Waals surface area contributed by atoms with Crippen LogP contribution >= 0.6 is 0 Å². The van der Waals surface area contributed by atoms with Gasteiger partial charge in [-0.05, 0) is 54.8 Å². The Kier molecular flexibility index (Phi) is 6.86. The standard InChI is InChI=1S/C25H26N2O3/c1-18-12-13-19(2)23(14-18)26-24(28)16-27(3)25(29)21-10-7-11-22(15-21)30-17-20-8-5-4-6-9-20/h4-15H,16-17H2,1-3H3,(H,26,28). The van der Waals surface area contributed by atoms with Crippen molar-refractivity contribution in [2.45, 2.75) is 20.5 Å². The van der Waals surface area contributed by atoms with Crippen LogP contribution in [0.1, 0.15) is 27.0 Å². The van der Waals surface area contributed by atoms with Crippen LogP contribution < -0.4 is 10.1 Å². The van der Waals surface area contributed by atoms with Crippen LogP contribution in [0, 0.1) is 13.8 Å². The smallest absolute Gasteiger partial charge is 0.254 e. The molecule has 3 aromatic carbocycles. The van der Waals surface area contributed by atoms with Crippen molar-refractivity contribution in [3.63, 3.8) is 0 Å². The van der Waals surface area contributed by atoms with E-state index in [1.165, 1.54) is 4.90 Å². The number of hydrogen-bond donors (Lipinski definition) is 1. The second-order valence-corrected chi connectivity index (χ2v) is 7.33. The molecule has 0 aliphatic carbocycles. The first kappa shape index (κ1) is 21.1. The average molecular weight is 402 g/mol. The summed E-state index contributed by atoms with van der Waals surface area (Å²) in [5.74, 6) is 0.130. The van der Waals surface area contributed by atoms with E-state index in [0.717, 1.165) is 22.4 Å². The summed E-state index contributed by atoms with van der Waals surface area (Å²) in [6, 6.07) is 22.7. The molecule has 0 fully saturated rings. The number of rotatable bonds is 7. The third-order valence-electron chi connectivity index (χ3n) is 4.72. The maximum atomic E-state index is 12.8. The lowest BCUT2D eigenvalue weighted by atomic mass is 10.1. The number of aryl methyl sites for hydroxylation is 2. The Morgan fingerprint density at radius 1 is 0.933 bits per heavy atom.